The van der Waals surface area contributed by atoms with Crippen molar-refractivity contribution in [3.63, 3.8) is 0 Å². The van der Waals surface area contributed by atoms with Crippen molar-refractivity contribution in [3.8, 4) is 5.75 Å². The van der Waals surface area contributed by atoms with Gasteiger partial charge in [-0.15, -0.1) is 0 Å². The van der Waals surface area contributed by atoms with Crippen LogP contribution < -0.4 is 0 Å². The molecule has 1 aliphatic rings. The molecule has 0 saturated carbocycles. The zero-order valence-corrected chi connectivity index (χ0v) is 11.9. The number of rotatable bonds is 3. The Balaban J connectivity index is 2.42. The molecule has 1 aromatic rings. The molecule has 3 atom stereocenters. The van der Waals surface area contributed by atoms with Crippen LogP contribution in [0.15, 0.2) is 41.0 Å². The number of hydrogen-bond acceptors (Lipinski definition) is 4. The van der Waals surface area contributed by atoms with Gasteiger partial charge in [-0.2, -0.15) is 0 Å². The second kappa shape index (κ2) is 6.33. The fourth-order valence-electron chi connectivity index (χ4n) is 2.68. The van der Waals surface area contributed by atoms with Crippen LogP contribution in [0, 0.1) is 5.92 Å². The first-order valence-corrected chi connectivity index (χ1v) is 6.69. The number of carbonyl (C=O) groups excluding carboxylic acids is 1. The SMILES string of the molecule is COC(=O)C1=CC(c2ccc(O)cc2)C(C)C(N=[N+]=[N-])C1. The molecule has 0 radical (unpaired) electrons. The third kappa shape index (κ3) is 3.17. The monoisotopic (exact) mass is 287 g/mol. The third-order valence-electron chi connectivity index (χ3n) is 3.91. The van der Waals surface area contributed by atoms with E-state index in [-0.39, 0.29) is 23.6 Å². The first-order valence-electron chi connectivity index (χ1n) is 6.69. The van der Waals surface area contributed by atoms with E-state index in [1.54, 1.807) is 24.3 Å². The van der Waals surface area contributed by atoms with E-state index < -0.39 is 5.97 Å². The van der Waals surface area contributed by atoms with Crippen molar-refractivity contribution in [3.05, 3.63) is 51.9 Å². The minimum atomic E-state index is -0.399. The highest BCUT2D eigenvalue weighted by atomic mass is 16.5. The number of methoxy groups -OCH3 is 1. The van der Waals surface area contributed by atoms with Gasteiger partial charge in [-0.3, -0.25) is 0 Å². The van der Waals surface area contributed by atoms with Crippen LogP contribution in [0.4, 0.5) is 0 Å². The smallest absolute Gasteiger partial charge is 0.333 e. The first-order chi connectivity index (χ1) is 10.1. The number of azide groups is 1. The van der Waals surface area contributed by atoms with Crippen LogP contribution in [0.2, 0.25) is 0 Å². The Morgan fingerprint density at radius 3 is 2.67 bits per heavy atom. The summed E-state index contributed by atoms with van der Waals surface area (Å²) in [5.41, 5.74) is 10.2. The molecule has 0 heterocycles. The van der Waals surface area contributed by atoms with E-state index >= 15 is 0 Å². The maximum absolute atomic E-state index is 11.8. The molecule has 0 fully saturated rings. The largest absolute Gasteiger partial charge is 0.508 e. The lowest BCUT2D eigenvalue weighted by atomic mass is 9.75. The van der Waals surface area contributed by atoms with E-state index in [0.29, 0.717) is 12.0 Å². The van der Waals surface area contributed by atoms with Crippen molar-refractivity contribution < 1.29 is 14.6 Å². The van der Waals surface area contributed by atoms with Gasteiger partial charge in [-0.25, -0.2) is 4.79 Å². The average molecular weight is 287 g/mol. The summed E-state index contributed by atoms with van der Waals surface area (Å²) in [4.78, 5) is 14.7. The molecule has 21 heavy (non-hydrogen) atoms. The number of carbonyl (C=O) groups is 1. The molecule has 0 spiro atoms. The van der Waals surface area contributed by atoms with Crippen LogP contribution in [0.3, 0.4) is 0 Å². The van der Waals surface area contributed by atoms with Crippen molar-refractivity contribution >= 4 is 5.97 Å². The van der Waals surface area contributed by atoms with Crippen molar-refractivity contribution in [2.75, 3.05) is 7.11 Å². The molecular formula is C15H17N3O3. The predicted molar refractivity (Wildman–Crippen MR) is 77.7 cm³/mol. The van der Waals surface area contributed by atoms with Crippen LogP contribution in [-0.2, 0) is 9.53 Å². The van der Waals surface area contributed by atoms with E-state index in [9.17, 15) is 9.90 Å². The Morgan fingerprint density at radius 1 is 1.43 bits per heavy atom. The Labute approximate surface area is 122 Å². The predicted octanol–water partition coefficient (Wildman–Crippen LogP) is 3.29. The third-order valence-corrected chi connectivity index (χ3v) is 3.91. The lowest BCUT2D eigenvalue weighted by molar-refractivity contribution is -0.136. The van der Waals surface area contributed by atoms with E-state index in [1.807, 2.05) is 13.0 Å². The number of esters is 1. The fourth-order valence-corrected chi connectivity index (χ4v) is 2.68. The minimum absolute atomic E-state index is 0.0545. The Hall–Kier alpha value is -2.46. The number of phenols is 1. The van der Waals surface area contributed by atoms with Gasteiger partial charge >= 0.3 is 5.97 Å². The van der Waals surface area contributed by atoms with Crippen molar-refractivity contribution in [1.82, 2.24) is 0 Å². The van der Waals surface area contributed by atoms with Gasteiger partial charge in [-0.1, -0.05) is 30.2 Å². The molecule has 6 nitrogen and oxygen atoms in total. The summed E-state index contributed by atoms with van der Waals surface area (Å²) in [5, 5.41) is 13.2. The van der Waals surface area contributed by atoms with Crippen molar-refractivity contribution in [1.29, 1.82) is 0 Å². The molecule has 0 bridgehead atoms. The molecule has 2 rings (SSSR count). The van der Waals surface area contributed by atoms with Gasteiger partial charge in [0.25, 0.3) is 0 Å². The van der Waals surface area contributed by atoms with Gasteiger partial charge < -0.3 is 9.84 Å². The summed E-state index contributed by atoms with van der Waals surface area (Å²) >= 11 is 0. The summed E-state index contributed by atoms with van der Waals surface area (Å²) < 4.78 is 4.77. The molecule has 110 valence electrons. The van der Waals surface area contributed by atoms with E-state index in [4.69, 9.17) is 10.3 Å². The maximum Gasteiger partial charge on any atom is 0.333 e. The second-order valence-electron chi connectivity index (χ2n) is 5.14. The van der Waals surface area contributed by atoms with Gasteiger partial charge in [-0.05, 0) is 35.6 Å². The van der Waals surface area contributed by atoms with Gasteiger partial charge in [0.2, 0.25) is 0 Å². The summed E-state index contributed by atoms with van der Waals surface area (Å²) in [5.74, 6) is -0.224. The number of benzene rings is 1. The molecule has 0 aromatic heterocycles. The van der Waals surface area contributed by atoms with Crippen LogP contribution in [0.25, 0.3) is 10.4 Å². The Kier molecular flexibility index (Phi) is 4.50. The van der Waals surface area contributed by atoms with Crippen LogP contribution in [-0.4, -0.2) is 24.2 Å². The zero-order chi connectivity index (χ0) is 15.4. The van der Waals surface area contributed by atoms with Gasteiger partial charge in [0, 0.05) is 22.4 Å². The van der Waals surface area contributed by atoms with Crippen LogP contribution in [0.1, 0.15) is 24.8 Å². The quantitative estimate of drug-likeness (QED) is 0.400. The standard InChI is InChI=1S/C15H17N3O3/c1-9-13(10-3-5-12(19)6-4-10)7-11(15(20)21-2)8-14(9)17-18-16/h3-7,9,13-14,19H,8H2,1-2H3. The number of ether oxygens (including phenoxy) is 1. The number of nitrogens with zero attached hydrogens (tertiary/aromatic N) is 3. The summed E-state index contributed by atoms with van der Waals surface area (Å²) in [6.07, 6.45) is 2.25. The summed E-state index contributed by atoms with van der Waals surface area (Å²) in [7, 11) is 1.33. The summed E-state index contributed by atoms with van der Waals surface area (Å²) in [6, 6.07) is 6.52. The number of aromatic hydroxyl groups is 1. The molecule has 1 aliphatic carbocycles. The summed E-state index contributed by atoms with van der Waals surface area (Å²) in [6.45, 7) is 1.99. The highest BCUT2D eigenvalue weighted by molar-refractivity contribution is 5.89. The molecule has 0 amide bonds. The Morgan fingerprint density at radius 2 is 2.10 bits per heavy atom. The van der Waals surface area contributed by atoms with Crippen LogP contribution >= 0.6 is 0 Å². The number of allylic oxidation sites excluding steroid dienone is 1. The average Bonchev–Trinajstić information content (AvgIpc) is 2.49. The second-order valence-corrected chi connectivity index (χ2v) is 5.14. The minimum Gasteiger partial charge on any atom is -0.508 e. The lowest BCUT2D eigenvalue weighted by Crippen LogP contribution is -2.28. The van der Waals surface area contributed by atoms with Gasteiger partial charge in [0.1, 0.15) is 5.75 Å². The molecule has 1 N–H and O–H groups in total. The Bertz CT molecular complexity index is 603. The number of hydrogen-bond donors (Lipinski definition) is 1. The maximum atomic E-state index is 11.8. The topological polar surface area (TPSA) is 95.3 Å². The van der Waals surface area contributed by atoms with Gasteiger partial charge in [0.05, 0.1) is 7.11 Å². The normalized spacial score (nSPS) is 24.7. The highest BCUT2D eigenvalue weighted by Gasteiger charge is 2.32. The first kappa shape index (κ1) is 14.9. The van der Waals surface area contributed by atoms with E-state index in [2.05, 4.69) is 10.0 Å². The lowest BCUT2D eigenvalue weighted by Gasteiger charge is -2.32. The highest BCUT2D eigenvalue weighted by Crippen LogP contribution is 2.38. The van der Waals surface area contributed by atoms with Crippen molar-refractivity contribution in [2.45, 2.75) is 25.3 Å². The number of phenolic OH excluding ortho intramolecular Hbond substituents is 1. The molecule has 0 aliphatic heterocycles. The molecule has 3 unspecified atom stereocenters. The van der Waals surface area contributed by atoms with E-state index in [0.717, 1.165) is 5.56 Å². The zero-order valence-electron chi connectivity index (χ0n) is 11.9. The molecule has 0 saturated heterocycles. The molecule has 6 heteroatoms. The van der Waals surface area contributed by atoms with Crippen LogP contribution in [0.5, 0.6) is 5.75 Å². The van der Waals surface area contributed by atoms with Gasteiger partial charge in [0.15, 0.2) is 0 Å². The molecular weight excluding hydrogens is 270 g/mol. The van der Waals surface area contributed by atoms with Crippen molar-refractivity contribution in [2.24, 2.45) is 11.0 Å². The molecule has 1 aromatic carbocycles. The fraction of sp³-hybridized carbons (Fsp3) is 0.400. The van der Waals surface area contributed by atoms with E-state index in [1.165, 1.54) is 7.11 Å².